The Labute approximate surface area is 114 Å². The maximum Gasteiger partial charge on any atom is 0.399 e. The number of aryl methyl sites for hydroxylation is 1. The summed E-state index contributed by atoms with van der Waals surface area (Å²) in [7, 11) is -4.44. The molecule has 0 aromatic carbocycles. The molecular weight excluding hydrogens is 297 g/mol. The van der Waals surface area contributed by atoms with E-state index in [4.69, 9.17) is 5.73 Å². The molecule has 5 nitrogen and oxygen atoms in total. The van der Waals surface area contributed by atoms with Gasteiger partial charge in [0.15, 0.2) is 5.13 Å². The molecule has 0 bridgehead atoms. The Hall–Kier alpha value is -0.560. The van der Waals surface area contributed by atoms with Crippen LogP contribution in [0, 0.1) is 0 Å². The molecule has 0 radical (unpaired) electrons. The summed E-state index contributed by atoms with van der Waals surface area (Å²) in [6, 6.07) is 0. The third-order valence-corrected chi connectivity index (χ3v) is 5.19. The van der Waals surface area contributed by atoms with Crippen LogP contribution in [-0.4, -0.2) is 23.9 Å². The SMILES string of the molecule is CCOP(=O)(OCC)C(F)(F)CCc1csc(N)n1. The van der Waals surface area contributed by atoms with Crippen molar-refractivity contribution in [3.05, 3.63) is 11.1 Å². The highest BCUT2D eigenvalue weighted by Gasteiger charge is 2.52. The summed E-state index contributed by atoms with van der Waals surface area (Å²) in [6.07, 6.45) is -0.696. The van der Waals surface area contributed by atoms with Crippen molar-refractivity contribution in [2.75, 3.05) is 18.9 Å². The molecule has 1 rings (SSSR count). The number of hydrogen-bond acceptors (Lipinski definition) is 6. The third kappa shape index (κ3) is 4.21. The van der Waals surface area contributed by atoms with Gasteiger partial charge in [-0.05, 0) is 20.3 Å². The van der Waals surface area contributed by atoms with Gasteiger partial charge in [0.05, 0.1) is 18.9 Å². The summed E-state index contributed by atoms with van der Waals surface area (Å²) in [4.78, 5) is 3.88. The van der Waals surface area contributed by atoms with Crippen LogP contribution in [0.2, 0.25) is 0 Å². The lowest BCUT2D eigenvalue weighted by Crippen LogP contribution is -2.21. The number of nitrogens with two attached hydrogens (primary N) is 1. The van der Waals surface area contributed by atoms with Gasteiger partial charge in [-0.15, -0.1) is 11.3 Å². The topological polar surface area (TPSA) is 74.4 Å². The van der Waals surface area contributed by atoms with Gasteiger partial charge in [0.25, 0.3) is 0 Å². The van der Waals surface area contributed by atoms with E-state index < -0.39 is 19.7 Å². The van der Waals surface area contributed by atoms with E-state index in [9.17, 15) is 13.3 Å². The molecule has 0 aliphatic rings. The zero-order valence-electron chi connectivity index (χ0n) is 10.8. The van der Waals surface area contributed by atoms with E-state index >= 15 is 0 Å². The fourth-order valence-electron chi connectivity index (χ4n) is 1.42. The maximum absolute atomic E-state index is 14.0. The molecule has 110 valence electrons. The predicted molar refractivity (Wildman–Crippen MR) is 70.7 cm³/mol. The molecule has 1 aromatic rings. The number of anilines is 1. The van der Waals surface area contributed by atoms with E-state index in [1.54, 1.807) is 5.38 Å². The Kier molecular flexibility index (Phi) is 5.85. The number of halogens is 2. The van der Waals surface area contributed by atoms with Gasteiger partial charge in [-0.3, -0.25) is 4.57 Å². The second-order valence-corrected chi connectivity index (χ2v) is 6.73. The van der Waals surface area contributed by atoms with Gasteiger partial charge in [0.2, 0.25) is 0 Å². The Morgan fingerprint density at radius 1 is 1.42 bits per heavy atom. The molecule has 19 heavy (non-hydrogen) atoms. The lowest BCUT2D eigenvalue weighted by molar-refractivity contribution is 0.0317. The van der Waals surface area contributed by atoms with Gasteiger partial charge in [0, 0.05) is 11.8 Å². The molecule has 2 N–H and O–H groups in total. The highest BCUT2D eigenvalue weighted by Crippen LogP contribution is 2.63. The average Bonchev–Trinajstić information content (AvgIpc) is 2.73. The molecule has 0 aliphatic carbocycles. The van der Waals surface area contributed by atoms with E-state index in [1.807, 2.05) is 0 Å². The van der Waals surface area contributed by atoms with Crippen molar-refractivity contribution >= 4 is 24.1 Å². The van der Waals surface area contributed by atoms with Crippen LogP contribution in [0.1, 0.15) is 26.0 Å². The summed E-state index contributed by atoms with van der Waals surface area (Å²) in [5.41, 5.74) is 2.32. The molecule has 0 atom stereocenters. The first-order valence-electron chi connectivity index (χ1n) is 5.81. The van der Waals surface area contributed by atoms with E-state index in [0.29, 0.717) is 10.8 Å². The minimum Gasteiger partial charge on any atom is -0.375 e. The molecule has 0 saturated heterocycles. The number of rotatable bonds is 8. The summed E-state index contributed by atoms with van der Waals surface area (Å²) in [5, 5.41) is 1.91. The highest BCUT2D eigenvalue weighted by atomic mass is 32.1. The lowest BCUT2D eigenvalue weighted by Gasteiger charge is -2.25. The molecule has 0 aliphatic heterocycles. The van der Waals surface area contributed by atoms with Gasteiger partial charge in [-0.2, -0.15) is 8.78 Å². The highest BCUT2D eigenvalue weighted by molar-refractivity contribution is 7.55. The second-order valence-electron chi connectivity index (χ2n) is 3.68. The number of aromatic nitrogens is 1. The molecule has 1 heterocycles. The van der Waals surface area contributed by atoms with E-state index in [1.165, 1.54) is 25.2 Å². The van der Waals surface area contributed by atoms with Gasteiger partial charge in [-0.25, -0.2) is 4.98 Å². The van der Waals surface area contributed by atoms with Gasteiger partial charge >= 0.3 is 13.3 Å². The number of nitrogen functional groups attached to an aromatic ring is 1. The first kappa shape index (κ1) is 16.5. The van der Waals surface area contributed by atoms with Crippen molar-refractivity contribution in [2.24, 2.45) is 0 Å². The number of thiazole rings is 1. The molecular formula is C10H17F2N2O3PS. The molecule has 0 amide bonds. The number of nitrogens with zero attached hydrogens (tertiary/aromatic N) is 1. The molecule has 1 aromatic heterocycles. The summed E-state index contributed by atoms with van der Waals surface area (Å²) >= 11 is 1.17. The van der Waals surface area contributed by atoms with E-state index in [2.05, 4.69) is 14.0 Å². The first-order valence-corrected chi connectivity index (χ1v) is 8.23. The Morgan fingerprint density at radius 3 is 2.42 bits per heavy atom. The van der Waals surface area contributed by atoms with Crippen LogP contribution < -0.4 is 5.73 Å². The largest absolute Gasteiger partial charge is 0.399 e. The van der Waals surface area contributed by atoms with Crippen molar-refractivity contribution in [2.45, 2.75) is 32.4 Å². The smallest absolute Gasteiger partial charge is 0.375 e. The van der Waals surface area contributed by atoms with Crippen molar-refractivity contribution < 1.29 is 22.4 Å². The van der Waals surface area contributed by atoms with Crippen LogP contribution in [0.25, 0.3) is 0 Å². The average molecular weight is 314 g/mol. The molecule has 0 saturated carbocycles. The Balaban J connectivity index is 2.74. The van der Waals surface area contributed by atoms with Crippen molar-refractivity contribution in [1.29, 1.82) is 0 Å². The molecule has 9 heteroatoms. The third-order valence-electron chi connectivity index (χ3n) is 2.25. The van der Waals surface area contributed by atoms with Crippen molar-refractivity contribution in [3.63, 3.8) is 0 Å². The summed E-state index contributed by atoms with van der Waals surface area (Å²) in [5.74, 6) is 0. The van der Waals surface area contributed by atoms with E-state index in [0.717, 1.165) is 0 Å². The normalized spacial score (nSPS) is 12.8. The minimum absolute atomic E-state index is 0.0369. The standard InChI is InChI=1S/C10H17F2N2O3PS/c1-3-16-18(15,17-4-2)10(11,12)6-5-8-7-19-9(13)14-8/h7H,3-6H2,1-2H3,(H2,13,14). The first-order chi connectivity index (χ1) is 8.84. The van der Waals surface area contributed by atoms with Crippen LogP contribution in [0.15, 0.2) is 5.38 Å². The maximum atomic E-state index is 14.0. The number of alkyl halides is 2. The Bertz CT molecular complexity index is 446. The fraction of sp³-hybridized carbons (Fsp3) is 0.700. The molecule has 0 unspecified atom stereocenters. The van der Waals surface area contributed by atoms with E-state index in [-0.39, 0.29) is 19.6 Å². The van der Waals surface area contributed by atoms with Gasteiger partial charge in [-0.1, -0.05) is 0 Å². The van der Waals surface area contributed by atoms with Crippen LogP contribution in [0.5, 0.6) is 0 Å². The lowest BCUT2D eigenvalue weighted by atomic mass is 10.2. The van der Waals surface area contributed by atoms with Crippen LogP contribution in [0.3, 0.4) is 0 Å². The van der Waals surface area contributed by atoms with Crippen LogP contribution >= 0.6 is 18.9 Å². The molecule has 0 spiro atoms. The summed E-state index contributed by atoms with van der Waals surface area (Å²) < 4.78 is 49.3. The van der Waals surface area contributed by atoms with Crippen LogP contribution in [0.4, 0.5) is 13.9 Å². The number of hydrogen-bond donors (Lipinski definition) is 1. The second kappa shape index (κ2) is 6.74. The summed E-state index contributed by atoms with van der Waals surface area (Å²) in [6.45, 7) is 2.78. The van der Waals surface area contributed by atoms with Crippen molar-refractivity contribution in [1.82, 2.24) is 4.98 Å². The zero-order chi connectivity index (χ0) is 14.5. The predicted octanol–water partition coefficient (Wildman–Crippen LogP) is 3.52. The molecule has 0 fully saturated rings. The van der Waals surface area contributed by atoms with Crippen LogP contribution in [-0.2, 0) is 20.0 Å². The quantitative estimate of drug-likeness (QED) is 0.743. The van der Waals surface area contributed by atoms with Crippen molar-refractivity contribution in [3.8, 4) is 0 Å². The fourth-order valence-corrected chi connectivity index (χ4v) is 3.53. The van der Waals surface area contributed by atoms with Gasteiger partial charge < -0.3 is 14.8 Å². The Morgan fingerprint density at radius 2 is 2.00 bits per heavy atom. The minimum atomic E-state index is -4.44. The van der Waals surface area contributed by atoms with Gasteiger partial charge in [0.1, 0.15) is 0 Å². The zero-order valence-corrected chi connectivity index (χ0v) is 12.5. The monoisotopic (exact) mass is 314 g/mol.